The molecular formula is C13H21ClN2O2S. The highest BCUT2D eigenvalue weighted by molar-refractivity contribution is 7.16. The zero-order valence-corrected chi connectivity index (χ0v) is 13.3. The van der Waals surface area contributed by atoms with E-state index in [0.717, 1.165) is 4.88 Å². The van der Waals surface area contributed by atoms with Crippen LogP contribution in [0.5, 0.6) is 0 Å². The molecule has 0 saturated heterocycles. The molecule has 108 valence electrons. The van der Waals surface area contributed by atoms with E-state index in [2.05, 4.69) is 5.32 Å². The summed E-state index contributed by atoms with van der Waals surface area (Å²) in [5.41, 5.74) is 4.99. The van der Waals surface area contributed by atoms with Crippen molar-refractivity contribution in [1.29, 1.82) is 0 Å². The normalized spacial score (nSPS) is 14.8. The number of ether oxygens (including phenoxy) is 1. The van der Waals surface area contributed by atoms with Crippen molar-refractivity contribution in [2.24, 2.45) is 5.73 Å². The summed E-state index contributed by atoms with van der Waals surface area (Å²) in [5, 5.41) is 2.76. The van der Waals surface area contributed by atoms with Gasteiger partial charge in [0.25, 0.3) is 0 Å². The number of alkyl carbamates (subject to hydrolysis) is 1. The SMILES string of the molecule is CC(C)(C)OC(=O)NCC(C)(CN)c1ccc(Cl)s1. The van der Waals surface area contributed by atoms with Crippen LogP contribution in [0.2, 0.25) is 4.34 Å². The van der Waals surface area contributed by atoms with Crippen molar-refractivity contribution in [3.63, 3.8) is 0 Å². The summed E-state index contributed by atoms with van der Waals surface area (Å²) in [6, 6.07) is 3.78. The van der Waals surface area contributed by atoms with Crippen molar-refractivity contribution in [1.82, 2.24) is 5.32 Å². The molecule has 3 N–H and O–H groups in total. The van der Waals surface area contributed by atoms with E-state index >= 15 is 0 Å². The average molecular weight is 305 g/mol. The first-order valence-electron chi connectivity index (χ1n) is 6.09. The van der Waals surface area contributed by atoms with Gasteiger partial charge in [0.1, 0.15) is 5.60 Å². The molecular weight excluding hydrogens is 284 g/mol. The first-order valence-corrected chi connectivity index (χ1v) is 7.28. The second-order valence-electron chi connectivity index (χ2n) is 5.72. The molecule has 1 rings (SSSR count). The van der Waals surface area contributed by atoms with Crippen molar-refractivity contribution in [3.05, 3.63) is 21.3 Å². The second-order valence-corrected chi connectivity index (χ2v) is 7.44. The number of thiophene rings is 1. The lowest BCUT2D eigenvalue weighted by Crippen LogP contribution is -2.44. The van der Waals surface area contributed by atoms with E-state index in [4.69, 9.17) is 22.1 Å². The maximum Gasteiger partial charge on any atom is 0.407 e. The number of carbonyl (C=O) groups excluding carboxylic acids is 1. The van der Waals surface area contributed by atoms with Crippen LogP contribution < -0.4 is 11.1 Å². The van der Waals surface area contributed by atoms with Crippen LogP contribution in [-0.2, 0) is 10.2 Å². The Bertz CT molecular complexity index is 442. The van der Waals surface area contributed by atoms with E-state index in [1.165, 1.54) is 11.3 Å². The first kappa shape index (κ1) is 16.3. The Hall–Kier alpha value is -0.780. The third-order valence-electron chi connectivity index (χ3n) is 2.64. The molecule has 0 aliphatic heterocycles. The predicted molar refractivity (Wildman–Crippen MR) is 80.0 cm³/mol. The Morgan fingerprint density at radius 1 is 1.42 bits per heavy atom. The van der Waals surface area contributed by atoms with Crippen LogP contribution in [-0.4, -0.2) is 24.8 Å². The molecule has 0 aliphatic carbocycles. The summed E-state index contributed by atoms with van der Waals surface area (Å²) in [7, 11) is 0. The quantitative estimate of drug-likeness (QED) is 0.898. The molecule has 0 aliphatic rings. The lowest BCUT2D eigenvalue weighted by molar-refractivity contribution is 0.0517. The molecule has 1 heterocycles. The van der Waals surface area contributed by atoms with Crippen LogP contribution in [0.3, 0.4) is 0 Å². The summed E-state index contributed by atoms with van der Waals surface area (Å²) >= 11 is 7.42. The summed E-state index contributed by atoms with van der Waals surface area (Å²) in [6.07, 6.45) is -0.435. The summed E-state index contributed by atoms with van der Waals surface area (Å²) in [4.78, 5) is 12.7. The van der Waals surface area contributed by atoms with Gasteiger partial charge in [-0.1, -0.05) is 18.5 Å². The fraction of sp³-hybridized carbons (Fsp3) is 0.615. The lowest BCUT2D eigenvalue weighted by Gasteiger charge is -2.28. The fourth-order valence-electron chi connectivity index (χ4n) is 1.48. The predicted octanol–water partition coefficient (Wildman–Crippen LogP) is 3.14. The van der Waals surface area contributed by atoms with Crippen LogP contribution in [0.1, 0.15) is 32.6 Å². The molecule has 0 bridgehead atoms. The van der Waals surface area contributed by atoms with Crippen LogP contribution in [0.4, 0.5) is 4.79 Å². The maximum absolute atomic E-state index is 11.7. The molecule has 1 amide bonds. The van der Waals surface area contributed by atoms with Gasteiger partial charge in [-0.05, 0) is 32.9 Å². The summed E-state index contributed by atoms with van der Waals surface area (Å²) in [5.74, 6) is 0. The van der Waals surface area contributed by atoms with Gasteiger partial charge in [0.2, 0.25) is 0 Å². The number of amides is 1. The van der Waals surface area contributed by atoms with Gasteiger partial charge < -0.3 is 15.8 Å². The topological polar surface area (TPSA) is 64.3 Å². The molecule has 1 unspecified atom stereocenters. The van der Waals surface area contributed by atoms with Gasteiger partial charge in [-0.25, -0.2) is 4.79 Å². The van der Waals surface area contributed by atoms with Crippen molar-refractivity contribution in [3.8, 4) is 0 Å². The van der Waals surface area contributed by atoms with Crippen molar-refractivity contribution in [2.45, 2.75) is 38.7 Å². The molecule has 0 aromatic carbocycles. The minimum atomic E-state index is -0.505. The summed E-state index contributed by atoms with van der Waals surface area (Å²) < 4.78 is 5.92. The van der Waals surface area contributed by atoms with Gasteiger partial charge in [0.05, 0.1) is 4.34 Å². The van der Waals surface area contributed by atoms with Crippen molar-refractivity contribution >= 4 is 29.0 Å². The molecule has 1 aromatic rings. The number of hydrogen-bond acceptors (Lipinski definition) is 4. The van der Waals surface area contributed by atoms with Crippen LogP contribution in [0.25, 0.3) is 0 Å². The van der Waals surface area contributed by atoms with E-state index in [-0.39, 0.29) is 5.41 Å². The molecule has 1 atom stereocenters. The first-order chi connectivity index (χ1) is 8.66. The molecule has 0 spiro atoms. The second kappa shape index (κ2) is 6.11. The molecule has 6 heteroatoms. The Kier molecular flexibility index (Phi) is 5.24. The minimum Gasteiger partial charge on any atom is -0.444 e. The number of nitrogens with one attached hydrogen (secondary N) is 1. The Morgan fingerprint density at radius 3 is 2.47 bits per heavy atom. The van der Waals surface area contributed by atoms with Crippen LogP contribution in [0.15, 0.2) is 12.1 Å². The Morgan fingerprint density at radius 2 is 2.05 bits per heavy atom. The Balaban J connectivity index is 2.65. The molecule has 19 heavy (non-hydrogen) atoms. The monoisotopic (exact) mass is 304 g/mol. The number of carbonyl (C=O) groups is 1. The smallest absolute Gasteiger partial charge is 0.407 e. The molecule has 4 nitrogen and oxygen atoms in total. The highest BCUT2D eigenvalue weighted by Gasteiger charge is 2.28. The molecule has 1 aromatic heterocycles. The van der Waals surface area contributed by atoms with Gasteiger partial charge in [-0.15, -0.1) is 11.3 Å². The fourth-order valence-corrected chi connectivity index (χ4v) is 2.68. The van der Waals surface area contributed by atoms with Gasteiger partial charge in [-0.2, -0.15) is 0 Å². The zero-order chi connectivity index (χ0) is 14.7. The van der Waals surface area contributed by atoms with E-state index in [0.29, 0.717) is 17.4 Å². The van der Waals surface area contributed by atoms with E-state index in [9.17, 15) is 4.79 Å². The average Bonchev–Trinajstić information content (AvgIpc) is 2.71. The minimum absolute atomic E-state index is 0.339. The largest absolute Gasteiger partial charge is 0.444 e. The molecule has 0 saturated carbocycles. The lowest BCUT2D eigenvalue weighted by atomic mass is 9.89. The van der Waals surface area contributed by atoms with Crippen LogP contribution >= 0.6 is 22.9 Å². The number of halogens is 1. The highest BCUT2D eigenvalue weighted by atomic mass is 35.5. The maximum atomic E-state index is 11.7. The number of hydrogen-bond donors (Lipinski definition) is 2. The molecule has 0 radical (unpaired) electrons. The third kappa shape index (κ3) is 5.01. The van der Waals surface area contributed by atoms with Gasteiger partial charge in [0, 0.05) is 23.4 Å². The zero-order valence-electron chi connectivity index (χ0n) is 11.7. The highest BCUT2D eigenvalue weighted by Crippen LogP contribution is 2.31. The number of rotatable bonds is 4. The van der Waals surface area contributed by atoms with E-state index in [1.54, 1.807) is 0 Å². The van der Waals surface area contributed by atoms with Gasteiger partial charge >= 0.3 is 6.09 Å². The summed E-state index contributed by atoms with van der Waals surface area (Å²) in [6.45, 7) is 8.30. The standard InChI is InChI=1S/C13H21ClN2O2S/c1-12(2,3)18-11(17)16-8-13(4,7-15)9-5-6-10(14)19-9/h5-6H,7-8,15H2,1-4H3,(H,16,17). The van der Waals surface area contributed by atoms with Crippen molar-refractivity contribution in [2.75, 3.05) is 13.1 Å². The molecule has 0 fully saturated rings. The van der Waals surface area contributed by atoms with Gasteiger partial charge in [0.15, 0.2) is 0 Å². The third-order valence-corrected chi connectivity index (χ3v) is 4.18. The number of nitrogens with two attached hydrogens (primary N) is 1. The Labute approximate surface area is 123 Å². The van der Waals surface area contributed by atoms with Gasteiger partial charge in [-0.3, -0.25) is 0 Å². The van der Waals surface area contributed by atoms with Crippen LogP contribution in [0, 0.1) is 0 Å². The van der Waals surface area contributed by atoms with Crippen molar-refractivity contribution < 1.29 is 9.53 Å². The van der Waals surface area contributed by atoms with E-state index in [1.807, 2.05) is 39.8 Å². The van der Waals surface area contributed by atoms with E-state index < -0.39 is 11.7 Å².